The molecule has 1 rings (SSSR count). The third-order valence-corrected chi connectivity index (χ3v) is 1.66. The second kappa shape index (κ2) is 3.19. The van der Waals surface area contributed by atoms with Crippen LogP contribution in [0.15, 0.2) is 0 Å². The number of ether oxygens (including phenoxy) is 2. The van der Waals surface area contributed by atoms with Crippen LogP contribution in [0.2, 0.25) is 0 Å². The van der Waals surface area contributed by atoms with Crippen molar-refractivity contribution < 1.29 is 14.3 Å². The van der Waals surface area contributed by atoms with Crippen molar-refractivity contribution in [3.05, 3.63) is 0 Å². The lowest BCUT2D eigenvalue weighted by molar-refractivity contribution is -0.147. The second-order valence-corrected chi connectivity index (χ2v) is 2.95. The van der Waals surface area contributed by atoms with E-state index in [0.717, 1.165) is 0 Å². The van der Waals surface area contributed by atoms with Crippen molar-refractivity contribution in [3.8, 4) is 0 Å². The first-order chi connectivity index (χ1) is 5.16. The molecule has 1 aliphatic rings. The van der Waals surface area contributed by atoms with Crippen LogP contribution in [0.3, 0.4) is 0 Å². The Bertz CT molecular complexity index is 148. The molecule has 0 aromatic heterocycles. The molecule has 0 aliphatic carbocycles. The molecule has 1 aliphatic heterocycles. The first kappa shape index (κ1) is 8.49. The molecular weight excluding hydrogens is 146 g/mol. The van der Waals surface area contributed by atoms with Crippen LogP contribution in [0, 0.1) is 0 Å². The SMILES string of the molecule is COCC1(C)CNC(=O)CO1. The van der Waals surface area contributed by atoms with Crippen molar-refractivity contribution in [1.29, 1.82) is 0 Å². The Morgan fingerprint density at radius 1 is 1.82 bits per heavy atom. The van der Waals surface area contributed by atoms with Gasteiger partial charge in [0.1, 0.15) is 12.2 Å². The zero-order valence-electron chi connectivity index (χ0n) is 6.85. The van der Waals surface area contributed by atoms with Gasteiger partial charge in [-0.2, -0.15) is 0 Å². The first-order valence-electron chi connectivity index (χ1n) is 3.56. The molecule has 64 valence electrons. The maximum absolute atomic E-state index is 10.7. The average molecular weight is 159 g/mol. The molecule has 1 unspecified atom stereocenters. The van der Waals surface area contributed by atoms with Gasteiger partial charge in [0.25, 0.3) is 0 Å². The average Bonchev–Trinajstić information content (AvgIpc) is 1.97. The minimum Gasteiger partial charge on any atom is -0.382 e. The van der Waals surface area contributed by atoms with Crippen LogP contribution in [0.1, 0.15) is 6.92 Å². The number of carbonyl (C=O) groups is 1. The van der Waals surface area contributed by atoms with E-state index in [-0.39, 0.29) is 18.1 Å². The Balaban J connectivity index is 2.41. The van der Waals surface area contributed by atoms with Crippen LogP contribution in [0.5, 0.6) is 0 Å². The van der Waals surface area contributed by atoms with Gasteiger partial charge in [-0.05, 0) is 6.92 Å². The van der Waals surface area contributed by atoms with E-state index in [0.29, 0.717) is 13.2 Å². The van der Waals surface area contributed by atoms with Crippen molar-refractivity contribution >= 4 is 5.91 Å². The molecule has 4 nitrogen and oxygen atoms in total. The topological polar surface area (TPSA) is 47.6 Å². The molecule has 0 spiro atoms. The Kier molecular flexibility index (Phi) is 2.46. The summed E-state index contributed by atoms with van der Waals surface area (Å²) in [6, 6.07) is 0. The second-order valence-electron chi connectivity index (χ2n) is 2.95. The summed E-state index contributed by atoms with van der Waals surface area (Å²) in [5.74, 6) is -0.0569. The minimum atomic E-state index is -0.345. The maximum Gasteiger partial charge on any atom is 0.246 e. The summed E-state index contributed by atoms with van der Waals surface area (Å²) in [5.41, 5.74) is -0.345. The molecule has 0 radical (unpaired) electrons. The van der Waals surface area contributed by atoms with Gasteiger partial charge in [0, 0.05) is 13.7 Å². The van der Waals surface area contributed by atoms with Crippen molar-refractivity contribution in [2.45, 2.75) is 12.5 Å². The Morgan fingerprint density at radius 3 is 3.00 bits per heavy atom. The molecule has 4 heteroatoms. The van der Waals surface area contributed by atoms with Crippen LogP contribution in [-0.4, -0.2) is 38.4 Å². The highest BCUT2D eigenvalue weighted by molar-refractivity contribution is 5.77. The first-order valence-corrected chi connectivity index (χ1v) is 3.56. The zero-order chi connectivity index (χ0) is 8.32. The number of nitrogens with one attached hydrogen (secondary N) is 1. The predicted molar refractivity (Wildman–Crippen MR) is 39.2 cm³/mol. The highest BCUT2D eigenvalue weighted by Gasteiger charge is 2.30. The van der Waals surface area contributed by atoms with E-state index in [4.69, 9.17) is 9.47 Å². The number of hydrogen-bond acceptors (Lipinski definition) is 3. The quantitative estimate of drug-likeness (QED) is 0.593. The van der Waals surface area contributed by atoms with E-state index in [2.05, 4.69) is 5.32 Å². The number of rotatable bonds is 2. The number of carbonyl (C=O) groups excluding carboxylic acids is 1. The van der Waals surface area contributed by atoms with Crippen molar-refractivity contribution in [2.75, 3.05) is 26.9 Å². The lowest BCUT2D eigenvalue weighted by atomic mass is 10.1. The monoisotopic (exact) mass is 159 g/mol. The van der Waals surface area contributed by atoms with E-state index in [9.17, 15) is 4.79 Å². The molecule has 1 N–H and O–H groups in total. The number of amides is 1. The van der Waals surface area contributed by atoms with Crippen LogP contribution in [0.4, 0.5) is 0 Å². The fourth-order valence-corrected chi connectivity index (χ4v) is 1.03. The Morgan fingerprint density at radius 2 is 2.55 bits per heavy atom. The van der Waals surface area contributed by atoms with E-state index >= 15 is 0 Å². The summed E-state index contributed by atoms with van der Waals surface area (Å²) >= 11 is 0. The number of methoxy groups -OCH3 is 1. The fourth-order valence-electron chi connectivity index (χ4n) is 1.03. The summed E-state index contributed by atoms with van der Waals surface area (Å²) in [4.78, 5) is 10.7. The minimum absolute atomic E-state index is 0.0569. The van der Waals surface area contributed by atoms with Crippen molar-refractivity contribution in [3.63, 3.8) is 0 Å². The van der Waals surface area contributed by atoms with Gasteiger partial charge < -0.3 is 14.8 Å². The molecular formula is C7H13NO3. The molecule has 1 saturated heterocycles. The standard InChI is InChI=1S/C7H13NO3/c1-7(5-10-2)4-8-6(9)3-11-7/h3-5H2,1-2H3,(H,8,9). The van der Waals surface area contributed by atoms with E-state index in [1.807, 2.05) is 6.92 Å². The molecule has 1 fully saturated rings. The molecule has 0 aromatic rings. The van der Waals surface area contributed by atoms with Gasteiger partial charge in [0.15, 0.2) is 0 Å². The lowest BCUT2D eigenvalue weighted by Gasteiger charge is -2.32. The molecule has 0 aromatic carbocycles. The van der Waals surface area contributed by atoms with Crippen molar-refractivity contribution in [1.82, 2.24) is 5.32 Å². The predicted octanol–water partition coefficient (Wildman–Crippen LogP) is -0.462. The zero-order valence-corrected chi connectivity index (χ0v) is 6.85. The molecule has 1 atom stereocenters. The van der Waals surface area contributed by atoms with Gasteiger partial charge in [-0.15, -0.1) is 0 Å². The van der Waals surface area contributed by atoms with Gasteiger partial charge >= 0.3 is 0 Å². The Labute approximate surface area is 65.9 Å². The third-order valence-electron chi connectivity index (χ3n) is 1.66. The summed E-state index contributed by atoms with van der Waals surface area (Å²) in [6.45, 7) is 3.09. The van der Waals surface area contributed by atoms with Gasteiger partial charge in [-0.25, -0.2) is 0 Å². The number of morpholine rings is 1. The maximum atomic E-state index is 10.7. The molecule has 1 amide bonds. The number of hydrogen-bond donors (Lipinski definition) is 1. The summed E-state index contributed by atoms with van der Waals surface area (Å²) in [5, 5.41) is 2.71. The van der Waals surface area contributed by atoms with Gasteiger partial charge in [0.2, 0.25) is 5.91 Å². The van der Waals surface area contributed by atoms with Crippen LogP contribution in [-0.2, 0) is 14.3 Å². The van der Waals surface area contributed by atoms with E-state index < -0.39 is 0 Å². The summed E-state index contributed by atoms with van der Waals surface area (Å²) < 4.78 is 10.2. The molecule has 0 bridgehead atoms. The summed E-state index contributed by atoms with van der Waals surface area (Å²) in [6.07, 6.45) is 0. The van der Waals surface area contributed by atoms with Gasteiger partial charge in [-0.3, -0.25) is 4.79 Å². The molecule has 11 heavy (non-hydrogen) atoms. The highest BCUT2D eigenvalue weighted by Crippen LogP contribution is 2.12. The van der Waals surface area contributed by atoms with Crippen LogP contribution >= 0.6 is 0 Å². The Hall–Kier alpha value is -0.610. The highest BCUT2D eigenvalue weighted by atomic mass is 16.5. The van der Waals surface area contributed by atoms with Crippen LogP contribution in [0.25, 0.3) is 0 Å². The molecule has 1 heterocycles. The van der Waals surface area contributed by atoms with E-state index in [1.165, 1.54) is 0 Å². The lowest BCUT2D eigenvalue weighted by Crippen LogP contribution is -2.53. The largest absolute Gasteiger partial charge is 0.382 e. The normalized spacial score (nSPS) is 31.6. The van der Waals surface area contributed by atoms with Gasteiger partial charge in [0.05, 0.1) is 6.61 Å². The van der Waals surface area contributed by atoms with Crippen LogP contribution < -0.4 is 5.32 Å². The summed E-state index contributed by atoms with van der Waals surface area (Å²) in [7, 11) is 1.62. The van der Waals surface area contributed by atoms with E-state index in [1.54, 1.807) is 7.11 Å². The third kappa shape index (κ3) is 2.17. The van der Waals surface area contributed by atoms with Gasteiger partial charge in [-0.1, -0.05) is 0 Å². The van der Waals surface area contributed by atoms with Crippen molar-refractivity contribution in [2.24, 2.45) is 0 Å². The fraction of sp³-hybridized carbons (Fsp3) is 0.857. The molecule has 0 saturated carbocycles. The smallest absolute Gasteiger partial charge is 0.246 e.